The topological polar surface area (TPSA) is 87.9 Å². The SMILES string of the molecule is COc1ccc(CCC(=O)O[C@@H](C)C(N)=O)cc1OC. The number of carbonyl (C=O) groups excluding carboxylic acids is 2. The van der Waals surface area contributed by atoms with Crippen LogP contribution in [0.5, 0.6) is 11.5 Å². The van der Waals surface area contributed by atoms with Crippen LogP contribution in [0.25, 0.3) is 0 Å². The molecule has 0 aliphatic carbocycles. The molecule has 2 N–H and O–H groups in total. The van der Waals surface area contributed by atoms with Gasteiger partial charge in [-0.15, -0.1) is 0 Å². The highest BCUT2D eigenvalue weighted by molar-refractivity contribution is 5.81. The van der Waals surface area contributed by atoms with E-state index in [9.17, 15) is 9.59 Å². The Morgan fingerprint density at radius 2 is 1.85 bits per heavy atom. The molecule has 0 spiro atoms. The smallest absolute Gasteiger partial charge is 0.306 e. The average Bonchev–Trinajstić information content (AvgIpc) is 2.44. The van der Waals surface area contributed by atoms with Gasteiger partial charge >= 0.3 is 5.97 Å². The summed E-state index contributed by atoms with van der Waals surface area (Å²) in [7, 11) is 3.10. The second-order valence-electron chi connectivity index (χ2n) is 4.22. The third kappa shape index (κ3) is 4.46. The first kappa shape index (κ1) is 15.8. The number of amides is 1. The minimum Gasteiger partial charge on any atom is -0.493 e. The van der Waals surface area contributed by atoms with Crippen LogP contribution in [0.1, 0.15) is 18.9 Å². The largest absolute Gasteiger partial charge is 0.493 e. The number of methoxy groups -OCH3 is 2. The predicted molar refractivity (Wildman–Crippen MR) is 72.6 cm³/mol. The summed E-state index contributed by atoms with van der Waals surface area (Å²) in [6.45, 7) is 1.44. The third-order valence-electron chi connectivity index (χ3n) is 2.77. The lowest BCUT2D eigenvalue weighted by atomic mass is 10.1. The molecule has 1 amide bonds. The molecule has 20 heavy (non-hydrogen) atoms. The van der Waals surface area contributed by atoms with Gasteiger partial charge in [0.25, 0.3) is 5.91 Å². The minimum absolute atomic E-state index is 0.160. The molecule has 110 valence electrons. The first-order valence-corrected chi connectivity index (χ1v) is 6.17. The van der Waals surface area contributed by atoms with Crippen molar-refractivity contribution in [2.45, 2.75) is 25.9 Å². The van der Waals surface area contributed by atoms with Crippen LogP contribution in [0.4, 0.5) is 0 Å². The number of carbonyl (C=O) groups is 2. The monoisotopic (exact) mass is 281 g/mol. The van der Waals surface area contributed by atoms with Crippen molar-refractivity contribution in [3.05, 3.63) is 23.8 Å². The summed E-state index contributed by atoms with van der Waals surface area (Å²) in [6.07, 6.45) is -0.273. The zero-order valence-corrected chi connectivity index (χ0v) is 11.8. The standard InChI is InChI=1S/C14H19NO5/c1-9(14(15)17)20-13(16)7-5-10-4-6-11(18-2)12(8-10)19-3/h4,6,8-9H,5,7H2,1-3H3,(H2,15,17)/t9-/m0/s1. The van der Waals surface area contributed by atoms with E-state index in [0.717, 1.165) is 5.56 Å². The van der Waals surface area contributed by atoms with Crippen LogP contribution in [0.15, 0.2) is 18.2 Å². The predicted octanol–water partition coefficient (Wildman–Crippen LogP) is 1.05. The molecule has 0 radical (unpaired) electrons. The fraction of sp³-hybridized carbons (Fsp3) is 0.429. The number of aryl methyl sites for hydroxylation is 1. The van der Waals surface area contributed by atoms with Gasteiger partial charge in [-0.05, 0) is 31.0 Å². The zero-order chi connectivity index (χ0) is 15.1. The van der Waals surface area contributed by atoms with Gasteiger partial charge in [0, 0.05) is 6.42 Å². The highest BCUT2D eigenvalue weighted by Gasteiger charge is 2.14. The van der Waals surface area contributed by atoms with Crippen molar-refractivity contribution in [3.8, 4) is 11.5 Å². The van der Waals surface area contributed by atoms with Crippen LogP contribution in [-0.2, 0) is 20.7 Å². The Kier molecular flexibility index (Phi) is 5.83. The lowest BCUT2D eigenvalue weighted by Gasteiger charge is -2.11. The van der Waals surface area contributed by atoms with E-state index >= 15 is 0 Å². The van der Waals surface area contributed by atoms with Crippen molar-refractivity contribution >= 4 is 11.9 Å². The van der Waals surface area contributed by atoms with Crippen LogP contribution in [0.3, 0.4) is 0 Å². The summed E-state index contributed by atoms with van der Waals surface area (Å²) in [4.78, 5) is 22.3. The molecular formula is C14H19NO5. The number of esters is 1. The third-order valence-corrected chi connectivity index (χ3v) is 2.77. The summed E-state index contributed by atoms with van der Waals surface area (Å²) in [5, 5.41) is 0. The number of hydrogen-bond acceptors (Lipinski definition) is 5. The Morgan fingerprint density at radius 1 is 1.20 bits per heavy atom. The number of hydrogen-bond donors (Lipinski definition) is 1. The van der Waals surface area contributed by atoms with E-state index in [1.165, 1.54) is 6.92 Å². The van der Waals surface area contributed by atoms with Gasteiger partial charge < -0.3 is 19.9 Å². The molecule has 0 saturated carbocycles. The molecule has 6 nitrogen and oxygen atoms in total. The van der Waals surface area contributed by atoms with Crippen molar-refractivity contribution in [2.24, 2.45) is 5.73 Å². The van der Waals surface area contributed by atoms with Crippen LogP contribution >= 0.6 is 0 Å². The molecule has 1 aromatic carbocycles. The second kappa shape index (κ2) is 7.37. The number of ether oxygens (including phenoxy) is 3. The maximum absolute atomic E-state index is 11.5. The summed E-state index contributed by atoms with van der Waals surface area (Å²) in [5.74, 6) is 0.0978. The maximum Gasteiger partial charge on any atom is 0.306 e. The zero-order valence-electron chi connectivity index (χ0n) is 11.8. The lowest BCUT2D eigenvalue weighted by molar-refractivity contribution is -0.153. The van der Waals surface area contributed by atoms with Gasteiger partial charge in [0.2, 0.25) is 0 Å². The molecule has 1 rings (SSSR count). The van der Waals surface area contributed by atoms with Crippen LogP contribution in [0.2, 0.25) is 0 Å². The first-order chi connectivity index (χ1) is 9.47. The van der Waals surface area contributed by atoms with Gasteiger partial charge in [0.15, 0.2) is 17.6 Å². The molecule has 0 bridgehead atoms. The fourth-order valence-electron chi connectivity index (χ4n) is 1.60. The molecule has 6 heteroatoms. The van der Waals surface area contributed by atoms with E-state index < -0.39 is 18.0 Å². The maximum atomic E-state index is 11.5. The lowest BCUT2D eigenvalue weighted by Crippen LogP contribution is -2.30. The molecule has 0 aliphatic rings. The molecule has 0 saturated heterocycles. The van der Waals surface area contributed by atoms with Gasteiger partial charge in [-0.3, -0.25) is 9.59 Å². The highest BCUT2D eigenvalue weighted by atomic mass is 16.5. The summed E-state index contributed by atoms with van der Waals surface area (Å²) in [5.41, 5.74) is 5.92. The molecule has 0 aromatic heterocycles. The van der Waals surface area contributed by atoms with Crippen molar-refractivity contribution in [1.29, 1.82) is 0 Å². The number of primary amides is 1. The van der Waals surface area contributed by atoms with E-state index in [-0.39, 0.29) is 6.42 Å². The molecule has 1 atom stereocenters. The summed E-state index contributed by atoms with van der Waals surface area (Å²) >= 11 is 0. The minimum atomic E-state index is -0.909. The fourth-order valence-corrected chi connectivity index (χ4v) is 1.60. The number of rotatable bonds is 7. The Morgan fingerprint density at radius 3 is 2.40 bits per heavy atom. The summed E-state index contributed by atoms with van der Waals surface area (Å²) < 4.78 is 15.2. The Labute approximate surface area is 117 Å². The van der Waals surface area contributed by atoms with E-state index in [4.69, 9.17) is 19.9 Å². The van der Waals surface area contributed by atoms with Crippen molar-refractivity contribution in [2.75, 3.05) is 14.2 Å². The van der Waals surface area contributed by atoms with Gasteiger partial charge in [-0.1, -0.05) is 6.07 Å². The van der Waals surface area contributed by atoms with Crippen molar-refractivity contribution in [1.82, 2.24) is 0 Å². The molecule has 0 unspecified atom stereocenters. The number of nitrogens with two attached hydrogens (primary N) is 1. The van der Waals surface area contributed by atoms with Crippen LogP contribution < -0.4 is 15.2 Å². The van der Waals surface area contributed by atoms with Gasteiger partial charge in [0.05, 0.1) is 14.2 Å². The first-order valence-electron chi connectivity index (χ1n) is 6.17. The molecular weight excluding hydrogens is 262 g/mol. The van der Waals surface area contributed by atoms with Crippen LogP contribution in [0, 0.1) is 0 Å². The molecule has 0 aliphatic heterocycles. The normalized spacial score (nSPS) is 11.6. The van der Waals surface area contributed by atoms with Gasteiger partial charge in [-0.25, -0.2) is 0 Å². The Balaban J connectivity index is 2.57. The summed E-state index contributed by atoms with van der Waals surface area (Å²) in [6, 6.07) is 5.40. The Bertz CT molecular complexity index is 486. The molecule has 0 heterocycles. The van der Waals surface area contributed by atoms with Crippen LogP contribution in [-0.4, -0.2) is 32.2 Å². The molecule has 0 fully saturated rings. The van der Waals surface area contributed by atoms with Crippen molar-refractivity contribution in [3.63, 3.8) is 0 Å². The van der Waals surface area contributed by atoms with Gasteiger partial charge in [0.1, 0.15) is 0 Å². The quantitative estimate of drug-likeness (QED) is 0.755. The van der Waals surface area contributed by atoms with E-state index in [1.807, 2.05) is 6.07 Å². The molecule has 1 aromatic rings. The highest BCUT2D eigenvalue weighted by Crippen LogP contribution is 2.27. The second-order valence-corrected chi connectivity index (χ2v) is 4.22. The van der Waals surface area contributed by atoms with Crippen molar-refractivity contribution < 1.29 is 23.8 Å². The average molecular weight is 281 g/mol. The van der Waals surface area contributed by atoms with E-state index in [1.54, 1.807) is 26.4 Å². The van der Waals surface area contributed by atoms with Gasteiger partial charge in [-0.2, -0.15) is 0 Å². The number of benzene rings is 1. The van der Waals surface area contributed by atoms with E-state index in [0.29, 0.717) is 17.9 Å². The van der Waals surface area contributed by atoms with E-state index in [2.05, 4.69) is 0 Å². The Hall–Kier alpha value is -2.24.